The standard InChI is InChI=1S/C19H19Cl2N3O2S/c1-12(2)18-19(27-15-8-13(20)7-14(21)9-15)24(16(10-25)22-18)11-23-6-4-3-5-17(23)26/h3-9,12,25H,10-11H2,1-2H3. The van der Waals surface area contributed by atoms with Crippen LogP contribution in [0.3, 0.4) is 0 Å². The van der Waals surface area contributed by atoms with Crippen LogP contribution >= 0.6 is 35.0 Å². The third-order valence-corrected chi connectivity index (χ3v) is 5.49. The Kier molecular flexibility index (Phi) is 6.32. The van der Waals surface area contributed by atoms with Crippen LogP contribution in [0.4, 0.5) is 0 Å². The summed E-state index contributed by atoms with van der Waals surface area (Å²) in [7, 11) is 0. The molecule has 0 fully saturated rings. The molecule has 5 nitrogen and oxygen atoms in total. The highest BCUT2D eigenvalue weighted by molar-refractivity contribution is 7.99. The summed E-state index contributed by atoms with van der Waals surface area (Å²) in [5.74, 6) is 0.645. The van der Waals surface area contributed by atoms with E-state index in [1.54, 1.807) is 29.0 Å². The van der Waals surface area contributed by atoms with Crippen molar-refractivity contribution in [3.8, 4) is 0 Å². The maximum atomic E-state index is 12.1. The van der Waals surface area contributed by atoms with Gasteiger partial charge in [0.15, 0.2) is 0 Å². The van der Waals surface area contributed by atoms with Gasteiger partial charge in [0.25, 0.3) is 5.56 Å². The van der Waals surface area contributed by atoms with Crippen molar-refractivity contribution in [1.82, 2.24) is 14.1 Å². The fraction of sp³-hybridized carbons (Fsp3) is 0.263. The molecule has 1 aromatic carbocycles. The Morgan fingerprint density at radius 1 is 1.19 bits per heavy atom. The van der Waals surface area contributed by atoms with E-state index in [0.717, 1.165) is 15.6 Å². The first-order valence-electron chi connectivity index (χ1n) is 8.38. The Morgan fingerprint density at radius 3 is 2.48 bits per heavy atom. The molecule has 0 aliphatic rings. The first-order valence-corrected chi connectivity index (χ1v) is 9.96. The Labute approximate surface area is 171 Å². The van der Waals surface area contributed by atoms with E-state index >= 15 is 0 Å². The number of nitrogens with zero attached hydrogens (tertiary/aromatic N) is 3. The number of aliphatic hydroxyl groups is 1. The van der Waals surface area contributed by atoms with Gasteiger partial charge in [-0.3, -0.25) is 9.36 Å². The van der Waals surface area contributed by atoms with Crippen LogP contribution in [0.25, 0.3) is 0 Å². The Balaban J connectivity index is 2.10. The number of hydrogen-bond acceptors (Lipinski definition) is 4. The van der Waals surface area contributed by atoms with Gasteiger partial charge >= 0.3 is 0 Å². The maximum Gasteiger partial charge on any atom is 0.251 e. The van der Waals surface area contributed by atoms with E-state index in [2.05, 4.69) is 4.98 Å². The predicted molar refractivity (Wildman–Crippen MR) is 109 cm³/mol. The minimum Gasteiger partial charge on any atom is -0.388 e. The fourth-order valence-electron chi connectivity index (χ4n) is 2.68. The van der Waals surface area contributed by atoms with Crippen molar-refractivity contribution < 1.29 is 5.11 Å². The molecule has 1 N–H and O–H groups in total. The highest BCUT2D eigenvalue weighted by atomic mass is 35.5. The number of imidazole rings is 1. The molecule has 0 radical (unpaired) electrons. The molecule has 0 unspecified atom stereocenters. The van der Waals surface area contributed by atoms with Crippen molar-refractivity contribution in [2.45, 2.75) is 43.0 Å². The molecule has 0 atom stereocenters. The van der Waals surface area contributed by atoms with Crippen molar-refractivity contribution in [1.29, 1.82) is 0 Å². The Morgan fingerprint density at radius 2 is 1.89 bits per heavy atom. The first-order chi connectivity index (χ1) is 12.9. The van der Waals surface area contributed by atoms with Gasteiger partial charge < -0.3 is 9.67 Å². The smallest absolute Gasteiger partial charge is 0.251 e. The highest BCUT2D eigenvalue weighted by Crippen LogP contribution is 2.37. The lowest BCUT2D eigenvalue weighted by atomic mass is 10.1. The molecule has 0 saturated heterocycles. The third-order valence-electron chi connectivity index (χ3n) is 3.96. The molecular formula is C19H19Cl2N3O2S. The molecule has 0 bridgehead atoms. The van der Waals surface area contributed by atoms with Gasteiger partial charge in [0, 0.05) is 27.2 Å². The van der Waals surface area contributed by atoms with Crippen LogP contribution in [0.5, 0.6) is 0 Å². The molecule has 27 heavy (non-hydrogen) atoms. The molecule has 0 amide bonds. The molecule has 3 rings (SSSR count). The van der Waals surface area contributed by atoms with Gasteiger partial charge in [-0.05, 0) is 30.2 Å². The van der Waals surface area contributed by atoms with Crippen LogP contribution in [-0.4, -0.2) is 19.2 Å². The van der Waals surface area contributed by atoms with Crippen LogP contribution in [0, 0.1) is 0 Å². The summed E-state index contributed by atoms with van der Waals surface area (Å²) in [5, 5.41) is 11.8. The lowest BCUT2D eigenvalue weighted by Gasteiger charge is -2.14. The van der Waals surface area contributed by atoms with E-state index in [-0.39, 0.29) is 24.8 Å². The largest absolute Gasteiger partial charge is 0.388 e. The number of hydrogen-bond donors (Lipinski definition) is 1. The van der Waals surface area contributed by atoms with Crippen molar-refractivity contribution in [2.75, 3.05) is 0 Å². The number of halogens is 2. The minimum absolute atomic E-state index is 0.122. The quantitative estimate of drug-likeness (QED) is 0.627. The molecule has 0 aliphatic heterocycles. The van der Waals surface area contributed by atoms with E-state index in [1.165, 1.54) is 17.8 Å². The Bertz CT molecular complexity index is 994. The van der Waals surface area contributed by atoms with Crippen LogP contribution in [0.15, 0.2) is 57.3 Å². The summed E-state index contributed by atoms with van der Waals surface area (Å²) in [6.45, 7) is 4.11. The van der Waals surface area contributed by atoms with Crippen molar-refractivity contribution in [2.24, 2.45) is 0 Å². The maximum absolute atomic E-state index is 12.1. The van der Waals surface area contributed by atoms with Crippen molar-refractivity contribution in [3.05, 3.63) is 74.5 Å². The molecular weight excluding hydrogens is 405 g/mol. The topological polar surface area (TPSA) is 60.1 Å². The summed E-state index contributed by atoms with van der Waals surface area (Å²) >= 11 is 13.7. The summed E-state index contributed by atoms with van der Waals surface area (Å²) in [5.41, 5.74) is 0.729. The van der Waals surface area contributed by atoms with E-state index in [9.17, 15) is 9.90 Å². The summed E-state index contributed by atoms with van der Waals surface area (Å²) < 4.78 is 3.43. The number of aliphatic hydroxyl groups excluding tert-OH is 1. The number of aromatic nitrogens is 3. The summed E-state index contributed by atoms with van der Waals surface area (Å²) in [6.07, 6.45) is 1.71. The second kappa shape index (κ2) is 8.52. The average molecular weight is 424 g/mol. The molecule has 2 heterocycles. The van der Waals surface area contributed by atoms with Gasteiger partial charge in [0.05, 0.1) is 5.69 Å². The number of pyridine rings is 1. The van der Waals surface area contributed by atoms with Gasteiger partial charge in [0.2, 0.25) is 0 Å². The molecule has 142 valence electrons. The van der Waals surface area contributed by atoms with Crippen LogP contribution in [0.2, 0.25) is 10.0 Å². The average Bonchev–Trinajstić information content (AvgIpc) is 2.94. The second-order valence-corrected chi connectivity index (χ2v) is 8.25. The van der Waals surface area contributed by atoms with Crippen molar-refractivity contribution >= 4 is 35.0 Å². The van der Waals surface area contributed by atoms with Gasteiger partial charge in [0.1, 0.15) is 24.1 Å². The van der Waals surface area contributed by atoms with Gasteiger partial charge in [-0.25, -0.2) is 4.98 Å². The predicted octanol–water partition coefficient (Wildman–Crippen LogP) is 4.62. The minimum atomic E-state index is -0.224. The van der Waals surface area contributed by atoms with E-state index in [1.807, 2.05) is 30.5 Å². The number of rotatable bonds is 6. The zero-order chi connectivity index (χ0) is 19.6. The SMILES string of the molecule is CC(C)c1nc(CO)n(Cn2ccccc2=O)c1Sc1cc(Cl)cc(Cl)c1. The van der Waals surface area contributed by atoms with E-state index in [4.69, 9.17) is 23.2 Å². The lowest BCUT2D eigenvalue weighted by Crippen LogP contribution is -2.23. The monoisotopic (exact) mass is 423 g/mol. The molecule has 0 spiro atoms. The van der Waals surface area contributed by atoms with Crippen LogP contribution in [-0.2, 0) is 13.3 Å². The fourth-order valence-corrected chi connectivity index (χ4v) is 4.59. The first kappa shape index (κ1) is 20.0. The zero-order valence-electron chi connectivity index (χ0n) is 14.9. The van der Waals surface area contributed by atoms with Gasteiger partial charge in [-0.2, -0.15) is 0 Å². The molecule has 0 saturated carbocycles. The Hall–Kier alpha value is -1.73. The normalized spacial score (nSPS) is 11.3. The third kappa shape index (κ3) is 4.58. The molecule has 2 aromatic heterocycles. The lowest BCUT2D eigenvalue weighted by molar-refractivity contribution is 0.262. The number of benzene rings is 1. The highest BCUT2D eigenvalue weighted by Gasteiger charge is 2.21. The molecule has 0 aliphatic carbocycles. The van der Waals surface area contributed by atoms with Crippen LogP contribution < -0.4 is 5.56 Å². The zero-order valence-corrected chi connectivity index (χ0v) is 17.2. The summed E-state index contributed by atoms with van der Waals surface area (Å²) in [4.78, 5) is 17.6. The molecule has 8 heteroatoms. The second-order valence-electron chi connectivity index (χ2n) is 6.32. The molecule has 3 aromatic rings. The van der Waals surface area contributed by atoms with Crippen LogP contribution in [0.1, 0.15) is 31.3 Å². The van der Waals surface area contributed by atoms with Gasteiger partial charge in [-0.15, -0.1) is 0 Å². The van der Waals surface area contributed by atoms with Gasteiger partial charge in [-0.1, -0.05) is 54.9 Å². The summed E-state index contributed by atoms with van der Waals surface area (Å²) in [6, 6.07) is 10.3. The van der Waals surface area contributed by atoms with E-state index < -0.39 is 0 Å². The van der Waals surface area contributed by atoms with Crippen molar-refractivity contribution in [3.63, 3.8) is 0 Å². The van der Waals surface area contributed by atoms with E-state index in [0.29, 0.717) is 15.9 Å².